The van der Waals surface area contributed by atoms with Gasteiger partial charge in [0.1, 0.15) is 0 Å². The SMILES string of the molecule is N[C@@H](Cc1cnc[nH]1)C(=O)NCc1ccccc1C(F)(F)F. The molecule has 0 bridgehead atoms. The lowest BCUT2D eigenvalue weighted by Gasteiger charge is -2.15. The minimum absolute atomic E-state index is 0.00269. The van der Waals surface area contributed by atoms with Crippen LogP contribution in [0.3, 0.4) is 0 Å². The predicted molar refractivity (Wildman–Crippen MR) is 73.6 cm³/mol. The minimum atomic E-state index is -4.46. The Kier molecular flexibility index (Phi) is 4.81. The van der Waals surface area contributed by atoms with Gasteiger partial charge in [-0.2, -0.15) is 13.2 Å². The van der Waals surface area contributed by atoms with E-state index in [1.807, 2.05) is 0 Å². The molecule has 0 aliphatic rings. The first-order chi connectivity index (χ1) is 10.4. The highest BCUT2D eigenvalue weighted by molar-refractivity contribution is 5.81. The zero-order chi connectivity index (χ0) is 16.2. The van der Waals surface area contributed by atoms with Crippen LogP contribution < -0.4 is 11.1 Å². The summed E-state index contributed by atoms with van der Waals surface area (Å²) in [4.78, 5) is 18.5. The Morgan fingerprint density at radius 1 is 1.36 bits per heavy atom. The lowest BCUT2D eigenvalue weighted by atomic mass is 10.1. The van der Waals surface area contributed by atoms with Crippen molar-refractivity contribution in [1.82, 2.24) is 15.3 Å². The van der Waals surface area contributed by atoms with Gasteiger partial charge in [-0.1, -0.05) is 18.2 Å². The van der Waals surface area contributed by atoms with Gasteiger partial charge < -0.3 is 16.0 Å². The molecule has 1 aromatic heterocycles. The van der Waals surface area contributed by atoms with Crippen LogP contribution in [0.4, 0.5) is 13.2 Å². The van der Waals surface area contributed by atoms with Gasteiger partial charge in [0, 0.05) is 24.9 Å². The highest BCUT2D eigenvalue weighted by Crippen LogP contribution is 2.31. The van der Waals surface area contributed by atoms with Gasteiger partial charge in [-0.3, -0.25) is 4.79 Å². The predicted octanol–water partition coefficient (Wildman–Crippen LogP) is 1.61. The maximum atomic E-state index is 12.8. The second-order valence-corrected chi connectivity index (χ2v) is 4.76. The number of hydrogen-bond donors (Lipinski definition) is 3. The summed E-state index contributed by atoms with van der Waals surface area (Å²) >= 11 is 0. The monoisotopic (exact) mass is 312 g/mol. The molecule has 1 atom stereocenters. The fraction of sp³-hybridized carbons (Fsp3) is 0.286. The molecule has 22 heavy (non-hydrogen) atoms. The van der Waals surface area contributed by atoms with Crippen LogP contribution in [0, 0.1) is 0 Å². The molecule has 0 unspecified atom stereocenters. The van der Waals surface area contributed by atoms with Crippen molar-refractivity contribution in [2.24, 2.45) is 5.73 Å². The molecule has 0 aliphatic heterocycles. The number of aromatic amines is 1. The molecular formula is C14H15F3N4O. The third kappa shape index (κ3) is 4.08. The van der Waals surface area contributed by atoms with E-state index in [0.717, 1.165) is 6.07 Å². The van der Waals surface area contributed by atoms with Crippen LogP contribution in [0.2, 0.25) is 0 Å². The Morgan fingerprint density at radius 2 is 2.09 bits per heavy atom. The van der Waals surface area contributed by atoms with Gasteiger partial charge in [0.15, 0.2) is 0 Å². The van der Waals surface area contributed by atoms with Gasteiger partial charge in [-0.05, 0) is 11.6 Å². The molecule has 118 valence electrons. The highest BCUT2D eigenvalue weighted by Gasteiger charge is 2.32. The van der Waals surface area contributed by atoms with Gasteiger partial charge in [-0.25, -0.2) is 4.98 Å². The first kappa shape index (κ1) is 16.0. The molecular weight excluding hydrogens is 297 g/mol. The smallest absolute Gasteiger partial charge is 0.351 e. The van der Waals surface area contributed by atoms with Crippen LogP contribution in [0.25, 0.3) is 0 Å². The van der Waals surface area contributed by atoms with Gasteiger partial charge in [0.25, 0.3) is 0 Å². The van der Waals surface area contributed by atoms with E-state index in [-0.39, 0.29) is 18.5 Å². The number of aromatic nitrogens is 2. The highest BCUT2D eigenvalue weighted by atomic mass is 19.4. The van der Waals surface area contributed by atoms with E-state index in [0.29, 0.717) is 5.69 Å². The number of hydrogen-bond acceptors (Lipinski definition) is 3. The molecule has 0 saturated carbocycles. The summed E-state index contributed by atoms with van der Waals surface area (Å²) in [5, 5.41) is 2.43. The molecule has 0 saturated heterocycles. The zero-order valence-corrected chi connectivity index (χ0v) is 11.5. The topological polar surface area (TPSA) is 83.8 Å². The van der Waals surface area contributed by atoms with Crippen LogP contribution in [-0.2, 0) is 23.9 Å². The average molecular weight is 312 g/mol. The fourth-order valence-corrected chi connectivity index (χ4v) is 1.99. The first-order valence-electron chi connectivity index (χ1n) is 6.53. The quantitative estimate of drug-likeness (QED) is 0.784. The summed E-state index contributed by atoms with van der Waals surface area (Å²) in [7, 11) is 0. The molecule has 1 heterocycles. The van der Waals surface area contributed by atoms with Gasteiger partial charge in [0.2, 0.25) is 5.91 Å². The van der Waals surface area contributed by atoms with E-state index >= 15 is 0 Å². The normalized spacial score (nSPS) is 12.9. The first-order valence-corrected chi connectivity index (χ1v) is 6.53. The molecule has 0 fully saturated rings. The molecule has 0 spiro atoms. The Morgan fingerprint density at radius 3 is 2.73 bits per heavy atom. The molecule has 0 aliphatic carbocycles. The number of nitrogens with one attached hydrogen (secondary N) is 2. The lowest BCUT2D eigenvalue weighted by molar-refractivity contribution is -0.138. The molecule has 1 aromatic carbocycles. The van der Waals surface area contributed by atoms with Crippen molar-refractivity contribution in [2.75, 3.05) is 0 Å². The Bertz CT molecular complexity index is 625. The number of nitrogens with two attached hydrogens (primary N) is 1. The number of H-pyrrole nitrogens is 1. The zero-order valence-electron chi connectivity index (χ0n) is 11.5. The number of halogens is 3. The number of benzene rings is 1. The summed E-state index contributed by atoms with van der Waals surface area (Å²) in [5.74, 6) is -0.522. The summed E-state index contributed by atoms with van der Waals surface area (Å²) in [6, 6.07) is 4.23. The summed E-state index contributed by atoms with van der Waals surface area (Å²) < 4.78 is 38.5. The van der Waals surface area contributed by atoms with Crippen LogP contribution in [-0.4, -0.2) is 21.9 Å². The fourth-order valence-electron chi connectivity index (χ4n) is 1.99. The minimum Gasteiger partial charge on any atom is -0.351 e. The number of imidazole rings is 1. The Labute approximate surface area is 124 Å². The molecule has 8 heteroatoms. The van der Waals surface area contributed by atoms with Crippen molar-refractivity contribution >= 4 is 5.91 Å². The summed E-state index contributed by atoms with van der Waals surface area (Å²) in [5.41, 5.74) is 5.62. The average Bonchev–Trinajstić information content (AvgIpc) is 2.97. The van der Waals surface area contributed by atoms with E-state index in [1.54, 1.807) is 0 Å². The number of nitrogens with zero attached hydrogens (tertiary/aromatic N) is 1. The van der Waals surface area contributed by atoms with Crippen LogP contribution in [0.15, 0.2) is 36.8 Å². The maximum absolute atomic E-state index is 12.8. The van der Waals surface area contributed by atoms with E-state index in [1.165, 1.54) is 30.7 Å². The van der Waals surface area contributed by atoms with Gasteiger partial charge in [-0.15, -0.1) is 0 Å². The second kappa shape index (κ2) is 6.61. The molecule has 4 N–H and O–H groups in total. The van der Waals surface area contributed by atoms with Crippen molar-refractivity contribution in [3.05, 3.63) is 53.6 Å². The van der Waals surface area contributed by atoms with Crippen molar-refractivity contribution in [3.63, 3.8) is 0 Å². The third-order valence-electron chi connectivity index (χ3n) is 3.11. The van der Waals surface area contributed by atoms with E-state index in [4.69, 9.17) is 5.73 Å². The van der Waals surface area contributed by atoms with Crippen molar-refractivity contribution in [1.29, 1.82) is 0 Å². The summed E-state index contributed by atoms with van der Waals surface area (Å²) in [6.45, 7) is -0.231. The van der Waals surface area contributed by atoms with Crippen LogP contribution in [0.1, 0.15) is 16.8 Å². The van der Waals surface area contributed by atoms with Crippen LogP contribution >= 0.6 is 0 Å². The number of alkyl halides is 3. The standard InChI is InChI=1S/C14H15F3N4O/c15-14(16,17)11-4-2-1-3-9(11)6-20-13(22)12(18)5-10-7-19-8-21-10/h1-4,7-8,12H,5-6,18H2,(H,19,21)(H,20,22)/t12-/m0/s1. The van der Waals surface area contributed by atoms with Crippen molar-refractivity contribution in [3.8, 4) is 0 Å². The van der Waals surface area contributed by atoms with Gasteiger partial charge >= 0.3 is 6.18 Å². The maximum Gasteiger partial charge on any atom is 0.416 e. The van der Waals surface area contributed by atoms with Gasteiger partial charge in [0.05, 0.1) is 17.9 Å². The number of carbonyl (C=O) groups is 1. The second-order valence-electron chi connectivity index (χ2n) is 4.76. The molecule has 5 nitrogen and oxygen atoms in total. The molecule has 2 aromatic rings. The van der Waals surface area contributed by atoms with E-state index < -0.39 is 23.7 Å². The molecule has 1 amide bonds. The largest absolute Gasteiger partial charge is 0.416 e. The van der Waals surface area contributed by atoms with Crippen LogP contribution in [0.5, 0.6) is 0 Å². The van der Waals surface area contributed by atoms with E-state index in [2.05, 4.69) is 15.3 Å². The molecule has 0 radical (unpaired) electrons. The number of amides is 1. The number of carbonyl (C=O) groups excluding carboxylic acids is 1. The van der Waals surface area contributed by atoms with E-state index in [9.17, 15) is 18.0 Å². The van der Waals surface area contributed by atoms with Crippen molar-refractivity contribution in [2.45, 2.75) is 25.2 Å². The summed E-state index contributed by atoms with van der Waals surface area (Å²) in [6.07, 6.45) is -1.24. The van der Waals surface area contributed by atoms with Crippen molar-refractivity contribution < 1.29 is 18.0 Å². The Balaban J connectivity index is 1.97. The number of rotatable bonds is 5. The Hall–Kier alpha value is -2.35. The lowest BCUT2D eigenvalue weighted by Crippen LogP contribution is -2.42. The third-order valence-corrected chi connectivity index (χ3v) is 3.11. The molecule has 2 rings (SSSR count).